The highest BCUT2D eigenvalue weighted by Gasteiger charge is 2.35. The van der Waals surface area contributed by atoms with E-state index >= 15 is 0 Å². The third-order valence-electron chi connectivity index (χ3n) is 13.9. The summed E-state index contributed by atoms with van der Waals surface area (Å²) in [5.41, 5.74) is 20.6. The SMILES string of the molecule is CC1(C)c2ccccc2-c2ccc(-c3ccc(N(c4ccc(-c5ccccc5)cc4)c4ccc(-c5ccc(-n6c7ccccc7c7ccc8ccccc8c76)cc5)c5nsnc45)cc3)cc21. The van der Waals surface area contributed by atoms with Gasteiger partial charge in [-0.15, -0.1) is 0 Å². The van der Waals surface area contributed by atoms with Crippen LogP contribution in [0.4, 0.5) is 17.1 Å². The molecule has 2 heterocycles. The van der Waals surface area contributed by atoms with Gasteiger partial charge < -0.3 is 9.47 Å². The van der Waals surface area contributed by atoms with E-state index in [0.29, 0.717) is 0 Å². The van der Waals surface area contributed by atoms with Gasteiger partial charge in [0.15, 0.2) is 0 Å². The van der Waals surface area contributed by atoms with Crippen molar-refractivity contribution in [3.05, 3.63) is 230 Å². The van der Waals surface area contributed by atoms with Gasteiger partial charge in [-0.25, -0.2) is 0 Å². The van der Waals surface area contributed by atoms with Crippen molar-refractivity contribution in [1.29, 1.82) is 0 Å². The van der Waals surface area contributed by atoms with Crippen LogP contribution in [0.2, 0.25) is 0 Å². The van der Waals surface area contributed by atoms with E-state index in [1.165, 1.54) is 88.8 Å². The summed E-state index contributed by atoms with van der Waals surface area (Å²) in [6.07, 6.45) is 0. The zero-order valence-electron chi connectivity index (χ0n) is 36.5. The van der Waals surface area contributed by atoms with Gasteiger partial charge in [0.1, 0.15) is 11.0 Å². The van der Waals surface area contributed by atoms with Gasteiger partial charge in [0.05, 0.1) is 28.4 Å². The fourth-order valence-electron chi connectivity index (χ4n) is 10.6. The molecule has 13 rings (SSSR count). The summed E-state index contributed by atoms with van der Waals surface area (Å²) >= 11 is 1.26. The Morgan fingerprint density at radius 2 is 1.02 bits per heavy atom. The maximum absolute atomic E-state index is 5.01. The molecule has 66 heavy (non-hydrogen) atoms. The molecule has 2 aromatic heterocycles. The Hall–Kier alpha value is -8.12. The Balaban J connectivity index is 0.896. The van der Waals surface area contributed by atoms with Crippen molar-refractivity contribution >= 4 is 72.4 Å². The van der Waals surface area contributed by atoms with Gasteiger partial charge in [0.2, 0.25) is 0 Å². The van der Waals surface area contributed by atoms with Crippen LogP contribution in [0, 0.1) is 0 Å². The molecule has 0 bridgehead atoms. The van der Waals surface area contributed by atoms with Gasteiger partial charge in [0, 0.05) is 44.2 Å². The van der Waals surface area contributed by atoms with Gasteiger partial charge in [-0.3, -0.25) is 0 Å². The fourth-order valence-corrected chi connectivity index (χ4v) is 11.2. The Labute approximate surface area is 387 Å². The summed E-state index contributed by atoms with van der Waals surface area (Å²) in [5, 5.41) is 4.98. The Morgan fingerprint density at radius 1 is 0.424 bits per heavy atom. The van der Waals surface area contributed by atoms with Gasteiger partial charge >= 0.3 is 0 Å². The van der Waals surface area contributed by atoms with Gasteiger partial charge in [0.25, 0.3) is 0 Å². The van der Waals surface area contributed by atoms with Crippen molar-refractivity contribution in [2.45, 2.75) is 19.3 Å². The molecule has 12 aromatic rings. The minimum atomic E-state index is -0.0621. The normalized spacial score (nSPS) is 12.8. The number of hydrogen-bond acceptors (Lipinski definition) is 4. The van der Waals surface area contributed by atoms with Gasteiger partial charge in [-0.2, -0.15) is 8.75 Å². The molecule has 0 saturated carbocycles. The molecule has 0 N–H and O–H groups in total. The monoisotopic (exact) mass is 862 g/mol. The molecular weight excluding hydrogens is 821 g/mol. The first-order valence-corrected chi connectivity index (χ1v) is 23.3. The molecule has 4 nitrogen and oxygen atoms in total. The van der Waals surface area contributed by atoms with Gasteiger partial charge in [-0.1, -0.05) is 172 Å². The minimum absolute atomic E-state index is 0.0621. The number of fused-ring (bicyclic) bond motifs is 9. The van der Waals surface area contributed by atoms with Crippen molar-refractivity contribution in [1.82, 2.24) is 13.3 Å². The van der Waals surface area contributed by atoms with E-state index in [2.05, 4.69) is 242 Å². The van der Waals surface area contributed by atoms with E-state index in [4.69, 9.17) is 8.75 Å². The van der Waals surface area contributed by atoms with Crippen LogP contribution in [0.1, 0.15) is 25.0 Å². The molecule has 0 atom stereocenters. The molecule has 0 unspecified atom stereocenters. The van der Waals surface area contributed by atoms with E-state index in [1.54, 1.807) is 0 Å². The lowest BCUT2D eigenvalue weighted by molar-refractivity contribution is 0.660. The zero-order chi connectivity index (χ0) is 43.9. The highest BCUT2D eigenvalue weighted by Crippen LogP contribution is 2.50. The van der Waals surface area contributed by atoms with E-state index < -0.39 is 0 Å². The molecule has 1 aliphatic carbocycles. The van der Waals surface area contributed by atoms with E-state index in [0.717, 1.165) is 44.9 Å². The average molecular weight is 863 g/mol. The first-order valence-electron chi connectivity index (χ1n) is 22.6. The zero-order valence-corrected chi connectivity index (χ0v) is 37.3. The van der Waals surface area contributed by atoms with Crippen LogP contribution < -0.4 is 4.90 Å². The van der Waals surface area contributed by atoms with Crippen LogP contribution in [0.5, 0.6) is 0 Å². The fraction of sp³-hybridized carbons (Fsp3) is 0.0492. The van der Waals surface area contributed by atoms with Crippen molar-refractivity contribution in [3.8, 4) is 50.2 Å². The molecule has 0 aliphatic heterocycles. The maximum atomic E-state index is 5.01. The minimum Gasteiger partial charge on any atom is -0.309 e. The van der Waals surface area contributed by atoms with Crippen LogP contribution in [-0.2, 0) is 5.41 Å². The molecule has 0 saturated heterocycles. The molecular formula is C61H42N4S. The number of benzene rings is 10. The highest BCUT2D eigenvalue weighted by atomic mass is 32.1. The lowest BCUT2D eigenvalue weighted by Crippen LogP contribution is -2.14. The summed E-state index contributed by atoms with van der Waals surface area (Å²) in [7, 11) is 0. The van der Waals surface area contributed by atoms with Crippen LogP contribution in [0.15, 0.2) is 218 Å². The second-order valence-corrected chi connectivity index (χ2v) is 18.4. The summed E-state index contributed by atoms with van der Waals surface area (Å²) in [4.78, 5) is 2.32. The molecule has 0 spiro atoms. The number of para-hydroxylation sites is 1. The van der Waals surface area contributed by atoms with Crippen LogP contribution in [-0.4, -0.2) is 13.3 Å². The molecule has 1 aliphatic rings. The summed E-state index contributed by atoms with van der Waals surface area (Å²) in [6, 6.07) is 79.5. The lowest BCUT2D eigenvalue weighted by atomic mass is 9.81. The molecule has 10 aromatic carbocycles. The van der Waals surface area contributed by atoms with E-state index in [-0.39, 0.29) is 5.41 Å². The first-order chi connectivity index (χ1) is 32.5. The van der Waals surface area contributed by atoms with Crippen LogP contribution in [0.3, 0.4) is 0 Å². The number of rotatable bonds is 7. The number of hydrogen-bond donors (Lipinski definition) is 0. The molecule has 312 valence electrons. The van der Waals surface area contributed by atoms with Crippen molar-refractivity contribution in [2.75, 3.05) is 4.90 Å². The predicted molar refractivity (Wildman–Crippen MR) is 278 cm³/mol. The third kappa shape index (κ3) is 5.97. The largest absolute Gasteiger partial charge is 0.309 e. The van der Waals surface area contributed by atoms with Crippen molar-refractivity contribution in [3.63, 3.8) is 0 Å². The first kappa shape index (κ1) is 38.3. The Kier molecular flexibility index (Phi) is 8.71. The highest BCUT2D eigenvalue weighted by molar-refractivity contribution is 7.00. The summed E-state index contributed by atoms with van der Waals surface area (Å²) in [5.74, 6) is 0. The number of nitrogens with zero attached hydrogens (tertiary/aromatic N) is 4. The van der Waals surface area contributed by atoms with E-state index in [9.17, 15) is 0 Å². The van der Waals surface area contributed by atoms with E-state index in [1.807, 2.05) is 0 Å². The second kappa shape index (κ2) is 15.0. The molecule has 5 heteroatoms. The summed E-state index contributed by atoms with van der Waals surface area (Å²) < 4.78 is 12.4. The summed E-state index contributed by atoms with van der Waals surface area (Å²) in [6.45, 7) is 4.68. The Bertz CT molecular complexity index is 3830. The Morgan fingerprint density at radius 3 is 1.80 bits per heavy atom. The number of anilines is 3. The number of aromatic nitrogens is 3. The van der Waals surface area contributed by atoms with Crippen molar-refractivity contribution in [2.24, 2.45) is 0 Å². The quantitative estimate of drug-likeness (QED) is 0.160. The van der Waals surface area contributed by atoms with Crippen molar-refractivity contribution < 1.29 is 0 Å². The molecule has 0 radical (unpaired) electrons. The van der Waals surface area contributed by atoms with Gasteiger partial charge in [-0.05, 0) is 116 Å². The topological polar surface area (TPSA) is 34.0 Å². The maximum Gasteiger partial charge on any atom is 0.129 e. The predicted octanol–water partition coefficient (Wildman–Crippen LogP) is 16.7. The average Bonchev–Trinajstić information content (AvgIpc) is 4.07. The van der Waals surface area contributed by atoms with Crippen LogP contribution in [0.25, 0.3) is 93.8 Å². The molecule has 0 amide bonds. The lowest BCUT2D eigenvalue weighted by Gasteiger charge is -2.26. The van der Waals surface area contributed by atoms with Crippen LogP contribution >= 0.6 is 11.7 Å². The smallest absolute Gasteiger partial charge is 0.129 e. The molecule has 0 fully saturated rings. The standard InChI is InChI=1S/C61H42N4S/c1-61(2)54-18-10-8-16-50(54)51-34-27-44(38-55(51)61)41-22-30-46(31-23-41)64(45-28-20-40(21-29-45)39-12-4-3-5-13-39)57-37-36-48(58-59(57)63-66-62-58)43-24-32-47(33-25-43)65-56-19-11-9-17-52(56)53-35-26-42-14-6-7-15-49(42)60(53)65/h3-38H,1-2H3. The third-order valence-corrected chi connectivity index (χ3v) is 14.4. The second-order valence-electron chi connectivity index (χ2n) is 17.9.